The van der Waals surface area contributed by atoms with E-state index in [4.69, 9.17) is 0 Å². The molecule has 0 saturated heterocycles. The number of aromatic nitrogens is 1. The number of pyridine rings is 1. The molecule has 0 aliphatic heterocycles. The van der Waals surface area contributed by atoms with Crippen LogP contribution in [-0.2, 0) is 22.1 Å². The van der Waals surface area contributed by atoms with E-state index in [0.717, 1.165) is 6.20 Å². The van der Waals surface area contributed by atoms with Gasteiger partial charge in [0.2, 0.25) is 0 Å². The van der Waals surface area contributed by atoms with Gasteiger partial charge in [-0.3, -0.25) is 9.78 Å². The summed E-state index contributed by atoms with van der Waals surface area (Å²) in [6.07, 6.45) is -3.84. The van der Waals surface area contributed by atoms with Gasteiger partial charge in [-0.1, -0.05) is 0 Å². The zero-order chi connectivity index (χ0) is 12.3. The molecule has 3 nitrogen and oxygen atoms in total. The minimum absolute atomic E-state index is 0.0130. The molecule has 0 unspecified atom stereocenters. The predicted molar refractivity (Wildman–Crippen MR) is 57.7 cm³/mol. The molecule has 16 heavy (non-hydrogen) atoms. The molecule has 0 N–H and O–H groups in total. The van der Waals surface area contributed by atoms with Gasteiger partial charge < -0.3 is 4.74 Å². The van der Waals surface area contributed by atoms with Gasteiger partial charge in [0.1, 0.15) is 0 Å². The summed E-state index contributed by atoms with van der Waals surface area (Å²) >= 11 is 1.56. The van der Waals surface area contributed by atoms with Crippen LogP contribution in [0.4, 0.5) is 13.2 Å². The van der Waals surface area contributed by atoms with Crippen molar-refractivity contribution in [3.63, 3.8) is 0 Å². The van der Waals surface area contributed by atoms with Gasteiger partial charge in [-0.2, -0.15) is 13.2 Å². The molecule has 0 aliphatic carbocycles. The smallest absolute Gasteiger partial charge is 0.418 e. The van der Waals surface area contributed by atoms with Crippen LogP contribution >= 0.6 is 22.6 Å². The van der Waals surface area contributed by atoms with E-state index in [2.05, 4.69) is 9.72 Å². The number of methoxy groups -OCH3 is 1. The van der Waals surface area contributed by atoms with Gasteiger partial charge in [-0.15, -0.1) is 0 Å². The maximum Gasteiger partial charge on any atom is 0.418 e. The van der Waals surface area contributed by atoms with Crippen LogP contribution in [0.25, 0.3) is 0 Å². The molecule has 0 atom stereocenters. The van der Waals surface area contributed by atoms with E-state index in [-0.39, 0.29) is 15.7 Å². The van der Waals surface area contributed by atoms with Crippen molar-refractivity contribution in [2.24, 2.45) is 0 Å². The normalized spacial score (nSPS) is 11.3. The molecule has 1 aromatic rings. The van der Waals surface area contributed by atoms with E-state index in [1.54, 1.807) is 22.6 Å². The van der Waals surface area contributed by atoms with Crippen LogP contribution in [0.15, 0.2) is 12.3 Å². The van der Waals surface area contributed by atoms with Crippen LogP contribution < -0.4 is 0 Å². The van der Waals surface area contributed by atoms with Crippen molar-refractivity contribution >= 4 is 28.6 Å². The maximum absolute atomic E-state index is 12.4. The SMILES string of the molecule is COC(=O)Cc1cc(I)c(C(F)(F)F)cn1. The topological polar surface area (TPSA) is 39.2 Å². The summed E-state index contributed by atoms with van der Waals surface area (Å²) in [6.45, 7) is 0. The molecule has 1 rings (SSSR count). The van der Waals surface area contributed by atoms with E-state index in [1.165, 1.54) is 13.2 Å². The fraction of sp³-hybridized carbons (Fsp3) is 0.333. The molecular formula is C9H7F3INO2. The van der Waals surface area contributed by atoms with Gasteiger partial charge in [0, 0.05) is 9.77 Å². The number of nitrogens with zero attached hydrogens (tertiary/aromatic N) is 1. The standard InChI is InChI=1S/C9H7F3INO2/c1-16-8(15)3-5-2-7(13)6(4-14-5)9(10,11)12/h2,4H,3H2,1H3. The van der Waals surface area contributed by atoms with E-state index >= 15 is 0 Å². The summed E-state index contributed by atoms with van der Waals surface area (Å²) in [4.78, 5) is 14.5. The molecule has 7 heteroatoms. The quantitative estimate of drug-likeness (QED) is 0.611. The first-order valence-electron chi connectivity index (χ1n) is 4.13. The fourth-order valence-corrected chi connectivity index (χ4v) is 1.80. The Hall–Kier alpha value is -0.860. The number of halogens is 4. The minimum Gasteiger partial charge on any atom is -0.469 e. The van der Waals surface area contributed by atoms with Crippen molar-refractivity contribution in [2.45, 2.75) is 12.6 Å². The van der Waals surface area contributed by atoms with Gasteiger partial charge in [0.05, 0.1) is 24.8 Å². The molecule has 0 bridgehead atoms. The highest BCUT2D eigenvalue weighted by Gasteiger charge is 2.33. The second-order valence-corrected chi connectivity index (χ2v) is 4.07. The molecule has 88 valence electrons. The van der Waals surface area contributed by atoms with Crippen molar-refractivity contribution < 1.29 is 22.7 Å². The molecule has 0 aliphatic rings. The molecule has 0 saturated carbocycles. The van der Waals surface area contributed by atoms with Crippen molar-refractivity contribution in [3.8, 4) is 0 Å². The molecule has 0 spiro atoms. The lowest BCUT2D eigenvalue weighted by Crippen LogP contribution is -2.11. The molecular weight excluding hydrogens is 338 g/mol. The highest BCUT2D eigenvalue weighted by atomic mass is 127. The lowest BCUT2D eigenvalue weighted by molar-refractivity contribution is -0.139. The van der Waals surface area contributed by atoms with Gasteiger partial charge >= 0.3 is 12.1 Å². The zero-order valence-electron chi connectivity index (χ0n) is 8.14. The van der Waals surface area contributed by atoms with E-state index < -0.39 is 17.7 Å². The summed E-state index contributed by atoms with van der Waals surface area (Å²) in [5.41, 5.74) is -0.550. The highest BCUT2D eigenvalue weighted by molar-refractivity contribution is 14.1. The van der Waals surface area contributed by atoms with Crippen LogP contribution in [0, 0.1) is 3.57 Å². The van der Waals surface area contributed by atoms with E-state index in [9.17, 15) is 18.0 Å². The van der Waals surface area contributed by atoms with Crippen molar-refractivity contribution in [2.75, 3.05) is 7.11 Å². The number of hydrogen-bond donors (Lipinski definition) is 0. The monoisotopic (exact) mass is 345 g/mol. The lowest BCUT2D eigenvalue weighted by Gasteiger charge is -2.09. The Morgan fingerprint density at radius 3 is 2.62 bits per heavy atom. The van der Waals surface area contributed by atoms with Crippen LogP contribution in [0.3, 0.4) is 0 Å². The minimum atomic E-state index is -4.42. The first kappa shape index (κ1) is 13.2. The summed E-state index contributed by atoms with van der Waals surface area (Å²) < 4.78 is 41.5. The number of hydrogen-bond acceptors (Lipinski definition) is 3. The largest absolute Gasteiger partial charge is 0.469 e. The Morgan fingerprint density at radius 1 is 1.56 bits per heavy atom. The van der Waals surface area contributed by atoms with Gasteiger partial charge in [-0.25, -0.2) is 0 Å². The van der Waals surface area contributed by atoms with Gasteiger partial charge in [0.25, 0.3) is 0 Å². The maximum atomic E-state index is 12.4. The van der Waals surface area contributed by atoms with Crippen LogP contribution in [0.1, 0.15) is 11.3 Å². The molecule has 0 aromatic carbocycles. The Morgan fingerprint density at radius 2 is 2.19 bits per heavy atom. The Labute approximate surface area is 103 Å². The average molecular weight is 345 g/mol. The van der Waals surface area contributed by atoms with Gasteiger partial charge in [-0.05, 0) is 28.7 Å². The van der Waals surface area contributed by atoms with E-state index in [1.807, 2.05) is 0 Å². The number of carbonyl (C=O) groups excluding carboxylic acids is 1. The lowest BCUT2D eigenvalue weighted by atomic mass is 10.2. The zero-order valence-corrected chi connectivity index (χ0v) is 10.3. The summed E-state index contributed by atoms with van der Waals surface area (Å²) in [5.74, 6) is -0.539. The second-order valence-electron chi connectivity index (χ2n) is 2.91. The predicted octanol–water partition coefficient (Wildman–Crippen LogP) is 2.42. The first-order valence-corrected chi connectivity index (χ1v) is 5.21. The average Bonchev–Trinajstić information content (AvgIpc) is 2.15. The molecule has 1 aromatic heterocycles. The third kappa shape index (κ3) is 3.32. The second kappa shape index (κ2) is 4.98. The number of alkyl halides is 3. The summed E-state index contributed by atoms with van der Waals surface area (Å²) in [6, 6.07) is 1.22. The number of carbonyl (C=O) groups is 1. The Kier molecular flexibility index (Phi) is 4.11. The van der Waals surface area contributed by atoms with Crippen molar-refractivity contribution in [1.29, 1.82) is 0 Å². The Bertz CT molecular complexity index is 406. The third-order valence-corrected chi connectivity index (χ3v) is 2.66. The molecule has 0 radical (unpaired) electrons. The molecule has 0 fully saturated rings. The first-order chi connectivity index (χ1) is 7.34. The number of rotatable bonds is 2. The van der Waals surface area contributed by atoms with Crippen molar-refractivity contribution in [1.82, 2.24) is 4.98 Å². The summed E-state index contributed by atoms with van der Waals surface area (Å²) in [5, 5.41) is 0. The van der Waals surface area contributed by atoms with Crippen LogP contribution in [-0.4, -0.2) is 18.1 Å². The van der Waals surface area contributed by atoms with Crippen molar-refractivity contribution in [3.05, 3.63) is 27.1 Å². The molecule has 1 heterocycles. The Balaban J connectivity index is 2.96. The van der Waals surface area contributed by atoms with Gasteiger partial charge in [0.15, 0.2) is 0 Å². The van der Waals surface area contributed by atoms with E-state index in [0.29, 0.717) is 0 Å². The number of ether oxygens (including phenoxy) is 1. The highest BCUT2D eigenvalue weighted by Crippen LogP contribution is 2.32. The fourth-order valence-electron chi connectivity index (χ4n) is 0.996. The number of esters is 1. The van der Waals surface area contributed by atoms with Crippen LogP contribution in [0.2, 0.25) is 0 Å². The van der Waals surface area contributed by atoms with Crippen LogP contribution in [0.5, 0.6) is 0 Å². The summed E-state index contributed by atoms with van der Waals surface area (Å²) in [7, 11) is 1.21. The third-order valence-electron chi connectivity index (χ3n) is 1.77. The molecule has 0 amide bonds.